The molecule has 0 aromatic rings. The number of hydrogen-bond donors (Lipinski definition) is 2. The van der Waals surface area contributed by atoms with Gasteiger partial charge in [-0.3, -0.25) is 0 Å². The van der Waals surface area contributed by atoms with Crippen LogP contribution < -0.4 is 5.32 Å². The molecular weight excluding hydrogens is 126 g/mol. The van der Waals surface area contributed by atoms with Crippen molar-refractivity contribution in [3.05, 3.63) is 0 Å². The van der Waals surface area contributed by atoms with Crippen molar-refractivity contribution in [1.29, 1.82) is 0 Å². The van der Waals surface area contributed by atoms with Gasteiger partial charge in [0.1, 0.15) is 0 Å². The van der Waals surface area contributed by atoms with E-state index in [0.717, 1.165) is 6.54 Å². The predicted molar refractivity (Wildman–Crippen MR) is 44.0 cm³/mol. The van der Waals surface area contributed by atoms with E-state index >= 15 is 0 Å². The van der Waals surface area contributed by atoms with Gasteiger partial charge in [0.2, 0.25) is 0 Å². The fourth-order valence-corrected chi connectivity index (χ4v) is 1.20. The molecule has 2 N–H and O–H groups in total. The Bertz CT molecular complexity index is 73.3. The molecule has 0 spiro atoms. The third-order valence-corrected chi connectivity index (χ3v) is 1.68. The second kappa shape index (κ2) is 4.69. The van der Waals surface area contributed by atoms with E-state index in [9.17, 15) is 5.11 Å². The van der Waals surface area contributed by atoms with Crippen LogP contribution in [-0.2, 0) is 0 Å². The Morgan fingerprint density at radius 2 is 1.80 bits per heavy atom. The van der Waals surface area contributed by atoms with E-state index in [-0.39, 0.29) is 12.1 Å². The molecule has 0 heterocycles. The smallest absolute Gasteiger partial charge is 0.0667 e. The van der Waals surface area contributed by atoms with Crippen molar-refractivity contribution >= 4 is 0 Å². The fourth-order valence-electron chi connectivity index (χ4n) is 1.20. The standard InChI is InChI=1S/C8H19NO/c1-5-9-8(6(2)3)7(4)10/h6-10H,5H2,1-4H3/t7?,8-/m0/s1. The molecule has 0 bridgehead atoms. The highest BCUT2D eigenvalue weighted by molar-refractivity contribution is 4.74. The zero-order chi connectivity index (χ0) is 8.15. The van der Waals surface area contributed by atoms with Gasteiger partial charge in [-0.15, -0.1) is 0 Å². The van der Waals surface area contributed by atoms with Crippen LogP contribution in [0.2, 0.25) is 0 Å². The zero-order valence-electron chi connectivity index (χ0n) is 7.39. The molecule has 2 nitrogen and oxygen atoms in total. The predicted octanol–water partition coefficient (Wildman–Crippen LogP) is 1.00. The number of likely N-dealkylation sites (N-methyl/N-ethyl adjacent to an activating group) is 1. The second-order valence-corrected chi connectivity index (χ2v) is 3.07. The van der Waals surface area contributed by atoms with Gasteiger partial charge in [-0.1, -0.05) is 20.8 Å². The molecule has 2 heteroatoms. The Labute approximate surface area is 63.6 Å². The minimum absolute atomic E-state index is 0.241. The van der Waals surface area contributed by atoms with E-state index in [2.05, 4.69) is 26.1 Å². The van der Waals surface area contributed by atoms with Crippen LogP contribution in [0.4, 0.5) is 0 Å². The summed E-state index contributed by atoms with van der Waals surface area (Å²) in [6, 6.07) is 0.241. The first-order chi connectivity index (χ1) is 4.59. The number of aliphatic hydroxyl groups excluding tert-OH is 1. The van der Waals surface area contributed by atoms with Gasteiger partial charge >= 0.3 is 0 Å². The summed E-state index contributed by atoms with van der Waals surface area (Å²) in [4.78, 5) is 0. The Hall–Kier alpha value is -0.0800. The topological polar surface area (TPSA) is 32.3 Å². The van der Waals surface area contributed by atoms with Crippen molar-refractivity contribution in [3.63, 3.8) is 0 Å². The van der Waals surface area contributed by atoms with Crippen LogP contribution in [-0.4, -0.2) is 23.8 Å². The van der Waals surface area contributed by atoms with E-state index in [0.29, 0.717) is 5.92 Å². The van der Waals surface area contributed by atoms with E-state index in [4.69, 9.17) is 0 Å². The molecule has 0 radical (unpaired) electrons. The lowest BCUT2D eigenvalue weighted by Gasteiger charge is -2.24. The molecule has 0 aliphatic carbocycles. The summed E-state index contributed by atoms with van der Waals surface area (Å²) < 4.78 is 0. The van der Waals surface area contributed by atoms with Crippen molar-refractivity contribution in [1.82, 2.24) is 5.32 Å². The first-order valence-electron chi connectivity index (χ1n) is 4.01. The van der Waals surface area contributed by atoms with E-state index in [1.54, 1.807) is 0 Å². The summed E-state index contributed by atoms with van der Waals surface area (Å²) in [5.41, 5.74) is 0. The average molecular weight is 145 g/mol. The largest absolute Gasteiger partial charge is 0.392 e. The molecule has 10 heavy (non-hydrogen) atoms. The van der Waals surface area contributed by atoms with Crippen LogP contribution >= 0.6 is 0 Å². The van der Waals surface area contributed by atoms with Gasteiger partial charge in [-0.05, 0) is 19.4 Å². The van der Waals surface area contributed by atoms with Crippen molar-refractivity contribution in [3.8, 4) is 0 Å². The molecule has 0 fully saturated rings. The highest BCUT2D eigenvalue weighted by Gasteiger charge is 2.16. The van der Waals surface area contributed by atoms with Crippen LogP contribution in [0.3, 0.4) is 0 Å². The average Bonchev–Trinajstić information content (AvgIpc) is 1.81. The van der Waals surface area contributed by atoms with Gasteiger partial charge in [0.25, 0.3) is 0 Å². The maximum Gasteiger partial charge on any atom is 0.0667 e. The lowest BCUT2D eigenvalue weighted by Crippen LogP contribution is -2.42. The molecule has 62 valence electrons. The van der Waals surface area contributed by atoms with Crippen molar-refractivity contribution in [2.75, 3.05) is 6.54 Å². The van der Waals surface area contributed by atoms with Crippen LogP contribution in [0, 0.1) is 5.92 Å². The second-order valence-electron chi connectivity index (χ2n) is 3.07. The van der Waals surface area contributed by atoms with E-state index in [1.165, 1.54) is 0 Å². The van der Waals surface area contributed by atoms with Crippen molar-refractivity contribution in [2.24, 2.45) is 5.92 Å². The SMILES string of the molecule is CCN[C@@H](C(C)C)C(C)O. The third kappa shape index (κ3) is 3.18. The third-order valence-electron chi connectivity index (χ3n) is 1.68. The Morgan fingerprint density at radius 3 is 1.90 bits per heavy atom. The molecule has 0 amide bonds. The molecule has 0 rings (SSSR count). The van der Waals surface area contributed by atoms with Gasteiger partial charge in [0, 0.05) is 6.04 Å². The van der Waals surface area contributed by atoms with Gasteiger partial charge < -0.3 is 10.4 Å². The highest BCUT2D eigenvalue weighted by atomic mass is 16.3. The monoisotopic (exact) mass is 145 g/mol. The molecule has 0 aromatic carbocycles. The summed E-state index contributed by atoms with van der Waals surface area (Å²) in [5.74, 6) is 0.500. The first-order valence-corrected chi connectivity index (χ1v) is 4.01. The lowest BCUT2D eigenvalue weighted by atomic mass is 10.00. The van der Waals surface area contributed by atoms with Crippen LogP contribution in [0.25, 0.3) is 0 Å². The van der Waals surface area contributed by atoms with Gasteiger partial charge in [0.05, 0.1) is 6.10 Å². The molecule has 0 saturated carbocycles. The minimum atomic E-state index is -0.250. The summed E-state index contributed by atoms with van der Waals surface area (Å²) >= 11 is 0. The van der Waals surface area contributed by atoms with Crippen molar-refractivity contribution < 1.29 is 5.11 Å². The number of aliphatic hydroxyl groups is 1. The first kappa shape index (κ1) is 9.92. The summed E-state index contributed by atoms with van der Waals surface area (Å²) in [6.45, 7) is 9.03. The minimum Gasteiger partial charge on any atom is -0.392 e. The van der Waals surface area contributed by atoms with Gasteiger partial charge in [-0.25, -0.2) is 0 Å². The summed E-state index contributed by atoms with van der Waals surface area (Å²) in [6.07, 6.45) is -0.250. The quantitative estimate of drug-likeness (QED) is 0.618. The van der Waals surface area contributed by atoms with Crippen LogP contribution in [0.15, 0.2) is 0 Å². The van der Waals surface area contributed by atoms with E-state index in [1.807, 2.05) is 6.92 Å². The number of hydrogen-bond acceptors (Lipinski definition) is 2. The Morgan fingerprint density at radius 1 is 1.30 bits per heavy atom. The number of nitrogens with one attached hydrogen (secondary N) is 1. The molecular formula is C8H19NO. The van der Waals surface area contributed by atoms with Crippen molar-refractivity contribution in [2.45, 2.75) is 39.8 Å². The molecule has 0 saturated heterocycles. The van der Waals surface area contributed by atoms with Gasteiger partial charge in [-0.2, -0.15) is 0 Å². The molecule has 2 atom stereocenters. The maximum atomic E-state index is 9.25. The van der Waals surface area contributed by atoms with Gasteiger partial charge in [0.15, 0.2) is 0 Å². The summed E-state index contributed by atoms with van der Waals surface area (Å²) in [5, 5.41) is 12.5. The fraction of sp³-hybridized carbons (Fsp3) is 1.00. The molecule has 1 unspecified atom stereocenters. The van der Waals surface area contributed by atoms with Crippen LogP contribution in [0.1, 0.15) is 27.7 Å². The number of rotatable bonds is 4. The Kier molecular flexibility index (Phi) is 4.65. The highest BCUT2D eigenvalue weighted by Crippen LogP contribution is 2.05. The normalized spacial score (nSPS) is 17.4. The van der Waals surface area contributed by atoms with E-state index < -0.39 is 0 Å². The molecule has 0 aromatic heterocycles. The zero-order valence-corrected chi connectivity index (χ0v) is 7.39. The Balaban J connectivity index is 3.73. The molecule has 0 aliphatic rings. The maximum absolute atomic E-state index is 9.25. The molecule has 0 aliphatic heterocycles. The van der Waals surface area contributed by atoms with Crippen LogP contribution in [0.5, 0.6) is 0 Å². The lowest BCUT2D eigenvalue weighted by molar-refractivity contribution is 0.122. The summed E-state index contributed by atoms with van der Waals surface area (Å²) in [7, 11) is 0.